The van der Waals surface area contributed by atoms with Crippen molar-refractivity contribution in [3.05, 3.63) is 58.0 Å². The Labute approximate surface area is 133 Å². The number of hydrogen-bond acceptors (Lipinski definition) is 3. The van der Waals surface area contributed by atoms with Crippen molar-refractivity contribution >= 4 is 28.9 Å². The zero-order chi connectivity index (χ0) is 16.3. The predicted octanol–water partition coefficient (Wildman–Crippen LogP) is 2.75. The van der Waals surface area contributed by atoms with E-state index < -0.39 is 5.41 Å². The van der Waals surface area contributed by atoms with Crippen molar-refractivity contribution in [3.63, 3.8) is 0 Å². The van der Waals surface area contributed by atoms with Gasteiger partial charge in [0.2, 0.25) is 5.91 Å². The lowest BCUT2D eigenvalue weighted by Gasteiger charge is -2.25. The highest BCUT2D eigenvalue weighted by Gasteiger charge is 2.29. The fourth-order valence-electron chi connectivity index (χ4n) is 2.03. The van der Waals surface area contributed by atoms with Crippen molar-refractivity contribution in [2.75, 3.05) is 11.1 Å². The molecule has 1 amide bonds. The van der Waals surface area contributed by atoms with E-state index in [1.807, 2.05) is 0 Å². The van der Waals surface area contributed by atoms with Crippen LogP contribution in [0.1, 0.15) is 13.8 Å². The molecule has 0 fully saturated rings. The molecule has 0 radical (unpaired) electrons. The van der Waals surface area contributed by atoms with Crippen LogP contribution >= 0.6 is 11.6 Å². The van der Waals surface area contributed by atoms with Gasteiger partial charge in [0.1, 0.15) is 0 Å². The number of para-hydroxylation sites is 2. The molecule has 0 aliphatic carbocycles. The monoisotopic (exact) mass is 319 g/mol. The normalized spacial score (nSPS) is 11.2. The molecular formula is C16H18ClN3O2. The second-order valence-electron chi connectivity index (χ2n) is 5.74. The number of amides is 1. The van der Waals surface area contributed by atoms with E-state index in [0.29, 0.717) is 16.4 Å². The highest BCUT2D eigenvalue weighted by molar-refractivity contribution is 6.30. The molecule has 1 aromatic carbocycles. The number of carbonyl (C=O) groups excluding carboxylic acids is 1. The van der Waals surface area contributed by atoms with Crippen LogP contribution in [-0.4, -0.2) is 10.5 Å². The number of nitrogens with zero attached hydrogens (tertiary/aromatic N) is 1. The molecule has 0 saturated carbocycles. The van der Waals surface area contributed by atoms with Crippen LogP contribution < -0.4 is 16.6 Å². The minimum Gasteiger partial charge on any atom is -0.397 e. The minimum absolute atomic E-state index is 0.204. The number of anilines is 2. The van der Waals surface area contributed by atoms with Gasteiger partial charge in [0.15, 0.2) is 0 Å². The van der Waals surface area contributed by atoms with Crippen molar-refractivity contribution in [2.45, 2.75) is 20.4 Å². The fraction of sp³-hybridized carbons (Fsp3) is 0.250. The van der Waals surface area contributed by atoms with E-state index in [-0.39, 0.29) is 18.0 Å². The summed E-state index contributed by atoms with van der Waals surface area (Å²) < 4.78 is 1.43. The lowest BCUT2D eigenvalue weighted by molar-refractivity contribution is -0.124. The molecule has 0 atom stereocenters. The number of carbonyl (C=O) groups is 1. The third-order valence-corrected chi connectivity index (χ3v) is 3.56. The molecule has 2 rings (SSSR count). The number of rotatable bonds is 4. The zero-order valence-electron chi connectivity index (χ0n) is 12.5. The molecule has 22 heavy (non-hydrogen) atoms. The summed E-state index contributed by atoms with van der Waals surface area (Å²) in [6.07, 6.45) is 1.52. The van der Waals surface area contributed by atoms with E-state index in [2.05, 4.69) is 5.32 Å². The van der Waals surface area contributed by atoms with Gasteiger partial charge in [0.25, 0.3) is 5.56 Å². The molecule has 0 bridgehead atoms. The number of nitrogen functional groups attached to an aromatic ring is 1. The van der Waals surface area contributed by atoms with Crippen LogP contribution in [0.25, 0.3) is 0 Å². The number of benzene rings is 1. The summed E-state index contributed by atoms with van der Waals surface area (Å²) in [5.74, 6) is -0.225. The third kappa shape index (κ3) is 3.68. The Morgan fingerprint density at radius 2 is 1.95 bits per heavy atom. The van der Waals surface area contributed by atoms with E-state index in [9.17, 15) is 9.59 Å². The van der Waals surface area contributed by atoms with Crippen LogP contribution in [0.15, 0.2) is 47.4 Å². The van der Waals surface area contributed by atoms with Gasteiger partial charge in [0, 0.05) is 18.8 Å². The summed E-state index contributed by atoms with van der Waals surface area (Å²) in [6, 6.07) is 9.94. The van der Waals surface area contributed by atoms with E-state index in [1.165, 1.54) is 22.9 Å². The second-order valence-corrected chi connectivity index (χ2v) is 6.18. The first kappa shape index (κ1) is 16.1. The molecule has 3 N–H and O–H groups in total. The molecule has 5 nitrogen and oxygen atoms in total. The first-order chi connectivity index (χ1) is 10.3. The quantitative estimate of drug-likeness (QED) is 0.851. The molecule has 116 valence electrons. The van der Waals surface area contributed by atoms with Crippen molar-refractivity contribution in [2.24, 2.45) is 5.41 Å². The molecule has 2 aromatic rings. The smallest absolute Gasteiger partial charge is 0.250 e. The Morgan fingerprint density at radius 3 is 2.64 bits per heavy atom. The standard InChI is InChI=1S/C16H18ClN3O2/c1-16(2,10-20-9-11(17)7-8-14(20)21)15(22)19-13-6-4-3-5-12(13)18/h3-9H,10,18H2,1-2H3,(H,19,22). The average molecular weight is 320 g/mol. The summed E-state index contributed by atoms with van der Waals surface area (Å²) >= 11 is 5.90. The van der Waals surface area contributed by atoms with Crippen LogP contribution in [0.4, 0.5) is 11.4 Å². The number of nitrogens with one attached hydrogen (secondary N) is 1. The first-order valence-electron chi connectivity index (χ1n) is 6.81. The van der Waals surface area contributed by atoms with Crippen molar-refractivity contribution in [3.8, 4) is 0 Å². The van der Waals surface area contributed by atoms with Gasteiger partial charge in [-0.2, -0.15) is 0 Å². The molecule has 0 saturated heterocycles. The van der Waals surface area contributed by atoms with Gasteiger partial charge in [-0.1, -0.05) is 23.7 Å². The number of halogens is 1. The Morgan fingerprint density at radius 1 is 1.27 bits per heavy atom. The maximum atomic E-state index is 12.5. The summed E-state index contributed by atoms with van der Waals surface area (Å²) in [5, 5.41) is 3.24. The highest BCUT2D eigenvalue weighted by Crippen LogP contribution is 2.24. The van der Waals surface area contributed by atoms with Crippen LogP contribution in [0.3, 0.4) is 0 Å². The summed E-state index contributed by atoms with van der Waals surface area (Å²) in [6.45, 7) is 3.73. The molecule has 0 unspecified atom stereocenters. The maximum absolute atomic E-state index is 12.5. The fourth-order valence-corrected chi connectivity index (χ4v) is 2.21. The minimum atomic E-state index is -0.809. The van der Waals surface area contributed by atoms with Gasteiger partial charge in [0.05, 0.1) is 21.8 Å². The van der Waals surface area contributed by atoms with Crippen LogP contribution in [0.2, 0.25) is 5.02 Å². The van der Waals surface area contributed by atoms with Crippen molar-refractivity contribution in [1.82, 2.24) is 4.57 Å². The number of nitrogens with two attached hydrogens (primary N) is 1. The highest BCUT2D eigenvalue weighted by atomic mass is 35.5. The molecule has 0 spiro atoms. The largest absolute Gasteiger partial charge is 0.397 e. The molecule has 1 heterocycles. The van der Waals surface area contributed by atoms with Crippen LogP contribution in [0, 0.1) is 5.41 Å². The molecule has 1 aromatic heterocycles. The van der Waals surface area contributed by atoms with Crippen LogP contribution in [0.5, 0.6) is 0 Å². The van der Waals surface area contributed by atoms with E-state index in [0.717, 1.165) is 0 Å². The maximum Gasteiger partial charge on any atom is 0.250 e. The number of pyridine rings is 1. The number of aromatic nitrogens is 1. The Balaban J connectivity index is 2.19. The van der Waals surface area contributed by atoms with Gasteiger partial charge in [-0.15, -0.1) is 0 Å². The Hall–Kier alpha value is -2.27. The second kappa shape index (κ2) is 6.23. The summed E-state index contributed by atoms with van der Waals surface area (Å²) in [7, 11) is 0. The van der Waals surface area contributed by atoms with Gasteiger partial charge < -0.3 is 15.6 Å². The molecule has 6 heteroatoms. The Kier molecular flexibility index (Phi) is 4.56. The zero-order valence-corrected chi connectivity index (χ0v) is 13.2. The van der Waals surface area contributed by atoms with Gasteiger partial charge in [-0.05, 0) is 32.0 Å². The number of hydrogen-bond donors (Lipinski definition) is 2. The topological polar surface area (TPSA) is 77.1 Å². The van der Waals surface area contributed by atoms with Gasteiger partial charge >= 0.3 is 0 Å². The van der Waals surface area contributed by atoms with Crippen molar-refractivity contribution < 1.29 is 4.79 Å². The third-order valence-electron chi connectivity index (χ3n) is 3.34. The average Bonchev–Trinajstić information content (AvgIpc) is 2.45. The van der Waals surface area contributed by atoms with E-state index in [1.54, 1.807) is 38.1 Å². The molecule has 0 aliphatic heterocycles. The van der Waals surface area contributed by atoms with E-state index in [4.69, 9.17) is 17.3 Å². The Bertz CT molecular complexity index is 753. The van der Waals surface area contributed by atoms with Gasteiger partial charge in [-0.3, -0.25) is 9.59 Å². The SMILES string of the molecule is CC(C)(Cn1cc(Cl)ccc1=O)C(=O)Nc1ccccc1N. The van der Waals surface area contributed by atoms with Gasteiger partial charge in [-0.25, -0.2) is 0 Å². The van der Waals surface area contributed by atoms with Crippen molar-refractivity contribution in [1.29, 1.82) is 0 Å². The summed E-state index contributed by atoms with van der Waals surface area (Å²) in [5.41, 5.74) is 5.86. The van der Waals surface area contributed by atoms with Crippen LogP contribution in [-0.2, 0) is 11.3 Å². The van der Waals surface area contributed by atoms with E-state index >= 15 is 0 Å². The first-order valence-corrected chi connectivity index (χ1v) is 7.19. The lowest BCUT2D eigenvalue weighted by Crippen LogP contribution is -2.37. The lowest BCUT2D eigenvalue weighted by atomic mass is 9.92. The molecule has 0 aliphatic rings. The summed E-state index contributed by atoms with van der Waals surface area (Å²) in [4.78, 5) is 24.3. The molecular weight excluding hydrogens is 302 g/mol. The predicted molar refractivity (Wildman–Crippen MR) is 89.0 cm³/mol.